The van der Waals surface area contributed by atoms with Gasteiger partial charge in [0.25, 0.3) is 0 Å². The van der Waals surface area contributed by atoms with E-state index in [0.29, 0.717) is 111 Å². The number of hydrogen-bond acceptors (Lipinski definition) is 11. The number of aromatic hydroxyl groups is 1. The molecule has 1 aliphatic carbocycles. The van der Waals surface area contributed by atoms with Crippen molar-refractivity contribution in [3.63, 3.8) is 0 Å². The van der Waals surface area contributed by atoms with Crippen molar-refractivity contribution in [3.8, 4) is 5.75 Å². The molecule has 0 unspecified atom stereocenters. The van der Waals surface area contributed by atoms with Gasteiger partial charge in [-0.05, 0) is 63.4 Å². The molecule has 0 aromatic heterocycles. The summed E-state index contributed by atoms with van der Waals surface area (Å²) in [5, 5.41) is 12.0. The largest absolute Gasteiger partial charge is 0.508 e. The number of allylic oxidation sites excluding steroid dienone is 1. The van der Waals surface area contributed by atoms with Crippen molar-refractivity contribution in [2.75, 3.05) is 126 Å². The molecule has 2 rings (SSSR count). The maximum atomic E-state index is 8.97. The molecular weight excluding hydrogens is 556 g/mol. The summed E-state index contributed by atoms with van der Waals surface area (Å²) in [6.45, 7) is 10.7. The van der Waals surface area contributed by atoms with Gasteiger partial charge in [-0.3, -0.25) is 0 Å². The highest BCUT2D eigenvalue weighted by molar-refractivity contribution is 5.25. The second-order valence-electron chi connectivity index (χ2n) is 9.71. The number of phenols is 1. The third-order valence-electron chi connectivity index (χ3n) is 6.16. The number of likely N-dealkylation sites (N-methyl/N-ethyl adjacent to an activating group) is 1. The van der Waals surface area contributed by atoms with Crippen molar-refractivity contribution in [1.82, 2.24) is 5.32 Å². The van der Waals surface area contributed by atoms with Gasteiger partial charge in [-0.15, -0.1) is 0 Å². The van der Waals surface area contributed by atoms with Crippen LogP contribution in [-0.2, 0) is 44.3 Å². The predicted octanol–water partition coefficient (Wildman–Crippen LogP) is 2.73. The normalized spacial score (nSPS) is 12.6. The Labute approximate surface area is 259 Å². The fourth-order valence-electron chi connectivity index (χ4n) is 3.59. The van der Waals surface area contributed by atoms with Crippen molar-refractivity contribution in [1.29, 1.82) is 0 Å². The lowest BCUT2D eigenvalue weighted by Gasteiger charge is -2.15. The van der Waals surface area contributed by atoms with Crippen LogP contribution in [0.2, 0.25) is 0 Å². The summed E-state index contributed by atoms with van der Waals surface area (Å²) in [4.78, 5) is 0. The molecule has 4 N–H and O–H groups in total. The number of nitrogens with one attached hydrogen (secondary N) is 1. The minimum Gasteiger partial charge on any atom is -0.508 e. The first kappa shape index (κ1) is 39.4. The van der Waals surface area contributed by atoms with Gasteiger partial charge in [0.2, 0.25) is 0 Å². The van der Waals surface area contributed by atoms with Crippen LogP contribution in [0.3, 0.4) is 0 Å². The molecule has 0 aliphatic heterocycles. The van der Waals surface area contributed by atoms with Crippen LogP contribution in [0.5, 0.6) is 5.75 Å². The molecule has 1 fully saturated rings. The number of ether oxygens (including phenoxy) is 8. The van der Waals surface area contributed by atoms with E-state index in [9.17, 15) is 0 Å². The average molecular weight is 615 g/mol. The second kappa shape index (κ2) is 31.8. The summed E-state index contributed by atoms with van der Waals surface area (Å²) in [6, 6.07) is 7.30. The fourth-order valence-corrected chi connectivity index (χ4v) is 3.59. The molecule has 0 radical (unpaired) electrons. The van der Waals surface area contributed by atoms with Gasteiger partial charge >= 0.3 is 0 Å². The Morgan fingerprint density at radius 3 is 1.37 bits per heavy atom. The molecule has 1 aromatic carbocycles. The van der Waals surface area contributed by atoms with E-state index >= 15 is 0 Å². The molecule has 11 nitrogen and oxygen atoms in total. The number of rotatable bonds is 29. The van der Waals surface area contributed by atoms with E-state index in [2.05, 4.69) is 11.4 Å². The first-order chi connectivity index (χ1) is 21.3. The highest BCUT2D eigenvalue weighted by Gasteiger charge is 2.06. The molecule has 1 saturated carbocycles. The van der Waals surface area contributed by atoms with Gasteiger partial charge in [-0.25, -0.2) is 0 Å². The van der Waals surface area contributed by atoms with Crippen LogP contribution < -0.4 is 11.1 Å². The third kappa shape index (κ3) is 27.6. The Morgan fingerprint density at radius 1 is 0.628 bits per heavy atom. The summed E-state index contributed by atoms with van der Waals surface area (Å²) < 4.78 is 43.3. The zero-order valence-corrected chi connectivity index (χ0v) is 26.4. The van der Waals surface area contributed by atoms with Gasteiger partial charge in [0.15, 0.2) is 0 Å². The molecule has 11 heteroatoms. The van der Waals surface area contributed by atoms with E-state index in [4.69, 9.17) is 48.7 Å². The molecule has 0 heterocycles. The Hall–Kier alpha value is -1.64. The molecule has 0 atom stereocenters. The smallest absolute Gasteiger partial charge is 0.115 e. The summed E-state index contributed by atoms with van der Waals surface area (Å²) in [5.41, 5.74) is 8.15. The van der Waals surface area contributed by atoms with Crippen LogP contribution in [0.25, 0.3) is 0 Å². The third-order valence-corrected chi connectivity index (χ3v) is 6.16. The highest BCUT2D eigenvalue weighted by atomic mass is 16.6. The monoisotopic (exact) mass is 614 g/mol. The summed E-state index contributed by atoms with van der Waals surface area (Å²) in [6.07, 6.45) is 8.25. The highest BCUT2D eigenvalue weighted by Crippen LogP contribution is 2.25. The minimum atomic E-state index is 0.332. The van der Waals surface area contributed by atoms with E-state index in [1.807, 2.05) is 19.2 Å². The number of nitrogens with two attached hydrogens (primary N) is 1. The minimum absolute atomic E-state index is 0.332. The Balaban J connectivity index is 0.000000699. The van der Waals surface area contributed by atoms with Crippen LogP contribution in [0.15, 0.2) is 35.9 Å². The molecular formula is C32H58N2O9. The van der Waals surface area contributed by atoms with Gasteiger partial charge < -0.3 is 54.1 Å². The zero-order chi connectivity index (χ0) is 30.9. The van der Waals surface area contributed by atoms with E-state index in [-0.39, 0.29) is 0 Å². The molecule has 0 spiro atoms. The maximum Gasteiger partial charge on any atom is 0.115 e. The molecule has 1 aliphatic rings. The predicted molar refractivity (Wildman–Crippen MR) is 168 cm³/mol. The Bertz CT molecular complexity index is 732. The first-order valence-electron chi connectivity index (χ1n) is 15.7. The van der Waals surface area contributed by atoms with Crippen LogP contribution in [0, 0.1) is 0 Å². The van der Waals surface area contributed by atoms with Crippen LogP contribution in [0.1, 0.15) is 31.2 Å². The van der Waals surface area contributed by atoms with Crippen molar-refractivity contribution >= 4 is 0 Å². The quantitative estimate of drug-likeness (QED) is 0.0909. The van der Waals surface area contributed by atoms with E-state index in [1.54, 1.807) is 17.7 Å². The van der Waals surface area contributed by atoms with Crippen LogP contribution >= 0.6 is 0 Å². The second-order valence-corrected chi connectivity index (χ2v) is 9.71. The van der Waals surface area contributed by atoms with Crippen molar-refractivity contribution in [2.24, 2.45) is 5.73 Å². The summed E-state index contributed by atoms with van der Waals surface area (Å²) >= 11 is 0. The number of hydrogen-bond donors (Lipinski definition) is 3. The topological polar surface area (TPSA) is 132 Å². The van der Waals surface area contributed by atoms with Crippen molar-refractivity contribution < 1.29 is 43.0 Å². The number of phenolic OH excluding ortho intramolecular Hbond substituents is 1. The van der Waals surface area contributed by atoms with Crippen LogP contribution in [-0.4, -0.2) is 131 Å². The maximum absolute atomic E-state index is 8.97. The van der Waals surface area contributed by atoms with E-state index in [0.717, 1.165) is 26.0 Å². The van der Waals surface area contributed by atoms with Gasteiger partial charge in [-0.2, -0.15) is 0 Å². The molecule has 0 bridgehead atoms. The van der Waals surface area contributed by atoms with E-state index < -0.39 is 0 Å². The molecule has 43 heavy (non-hydrogen) atoms. The SMILES string of the molecule is CNCCc1ccc(O)cc1.NCCOCCOCCOCCOCCOCCOCCOCCOCCC=C1CCC1. The lowest BCUT2D eigenvalue weighted by Crippen LogP contribution is -2.15. The van der Waals surface area contributed by atoms with E-state index in [1.165, 1.54) is 24.8 Å². The molecule has 250 valence electrons. The fraction of sp³-hybridized carbons (Fsp3) is 0.750. The molecule has 1 aromatic rings. The van der Waals surface area contributed by atoms with Crippen LogP contribution in [0.4, 0.5) is 0 Å². The lowest BCUT2D eigenvalue weighted by molar-refractivity contribution is -0.0228. The summed E-state index contributed by atoms with van der Waals surface area (Å²) in [5.74, 6) is 0.332. The Kier molecular flexibility index (Phi) is 29.1. The summed E-state index contributed by atoms with van der Waals surface area (Å²) in [7, 11) is 1.93. The standard InChI is InChI=1S/C23H45NO8.C9H13NO/c24-6-8-26-10-12-28-14-16-30-18-20-32-22-21-31-19-17-29-15-13-27-11-9-25-7-2-5-23-3-1-4-23;1-10-7-6-8-2-4-9(11)5-3-8/h5H,1-4,6-22,24H2;2-5,10-11H,6-7H2,1H3. The number of benzene rings is 1. The first-order valence-corrected chi connectivity index (χ1v) is 15.7. The average Bonchev–Trinajstić information content (AvgIpc) is 3.00. The lowest BCUT2D eigenvalue weighted by atomic mass is 9.92. The Morgan fingerprint density at radius 2 is 1.02 bits per heavy atom. The molecule has 0 saturated heterocycles. The van der Waals surface area contributed by atoms with Crippen molar-refractivity contribution in [3.05, 3.63) is 41.5 Å². The van der Waals surface area contributed by atoms with Gasteiger partial charge in [-0.1, -0.05) is 23.8 Å². The van der Waals surface area contributed by atoms with Gasteiger partial charge in [0.05, 0.1) is 106 Å². The van der Waals surface area contributed by atoms with Gasteiger partial charge in [0, 0.05) is 6.54 Å². The molecule has 0 amide bonds. The van der Waals surface area contributed by atoms with Crippen molar-refractivity contribution in [2.45, 2.75) is 32.1 Å². The van der Waals surface area contributed by atoms with Gasteiger partial charge in [0.1, 0.15) is 5.75 Å². The zero-order valence-electron chi connectivity index (χ0n) is 26.4.